The number of aromatic nitrogens is 1. The highest BCUT2D eigenvalue weighted by Gasteiger charge is 2.23. The molecule has 0 radical (unpaired) electrons. The maximum absolute atomic E-state index is 11.7. The molecule has 4 nitrogen and oxygen atoms in total. The van der Waals surface area contributed by atoms with Gasteiger partial charge in [0, 0.05) is 21.6 Å². The van der Waals surface area contributed by atoms with Crippen molar-refractivity contribution < 1.29 is 9.90 Å². The number of fused-ring (bicyclic) bond motifs is 1. The van der Waals surface area contributed by atoms with E-state index in [2.05, 4.69) is 24.1 Å². The normalized spacial score (nSPS) is 12.1. The fraction of sp³-hybridized carbons (Fsp3) is 0.438. The molecular formula is C16H21ClN2O2. The van der Waals surface area contributed by atoms with Gasteiger partial charge >= 0.3 is 0 Å². The van der Waals surface area contributed by atoms with Crippen LogP contribution in [0, 0.1) is 0 Å². The van der Waals surface area contributed by atoms with Crippen LogP contribution in [0.4, 0.5) is 0 Å². The minimum Gasteiger partial charge on any atom is -0.381 e. The van der Waals surface area contributed by atoms with Crippen LogP contribution in [0.1, 0.15) is 44.9 Å². The molecule has 0 fully saturated rings. The fourth-order valence-electron chi connectivity index (χ4n) is 2.16. The van der Waals surface area contributed by atoms with Gasteiger partial charge in [-0.1, -0.05) is 25.4 Å². The van der Waals surface area contributed by atoms with Crippen LogP contribution in [-0.2, 0) is 11.3 Å². The number of hydrogen-bond donors (Lipinski definition) is 3. The third kappa shape index (κ3) is 3.57. The predicted octanol–water partition coefficient (Wildman–Crippen LogP) is 3.33. The molecule has 1 aromatic carbocycles. The van der Waals surface area contributed by atoms with Crippen molar-refractivity contribution in [1.82, 2.24) is 10.3 Å². The minimum absolute atomic E-state index is 0.339. The number of amides is 1. The maximum Gasteiger partial charge on any atom is 0.251 e. The van der Waals surface area contributed by atoms with Crippen molar-refractivity contribution in [3.63, 3.8) is 0 Å². The van der Waals surface area contributed by atoms with E-state index in [-0.39, 0.29) is 0 Å². The van der Waals surface area contributed by atoms with Gasteiger partial charge in [-0.15, -0.1) is 0 Å². The molecule has 0 saturated heterocycles. The Morgan fingerprint density at radius 3 is 2.62 bits per heavy atom. The zero-order chi connectivity index (χ0) is 15.8. The van der Waals surface area contributed by atoms with Crippen molar-refractivity contribution in [2.75, 3.05) is 0 Å². The van der Waals surface area contributed by atoms with E-state index in [4.69, 9.17) is 11.6 Å². The number of hydrogen-bond acceptors (Lipinski definition) is 2. The number of aliphatic hydroxyl groups is 1. The first kappa shape index (κ1) is 15.9. The first-order valence-electron chi connectivity index (χ1n) is 7.00. The van der Waals surface area contributed by atoms with E-state index in [1.807, 2.05) is 18.2 Å². The number of carbonyl (C=O) groups is 1. The number of carbonyl (C=O) groups excluding carboxylic acids is 1. The monoisotopic (exact) mass is 308 g/mol. The molecule has 0 unspecified atom stereocenters. The highest BCUT2D eigenvalue weighted by Crippen LogP contribution is 2.29. The van der Waals surface area contributed by atoms with E-state index < -0.39 is 11.5 Å². The van der Waals surface area contributed by atoms with Crippen molar-refractivity contribution in [2.45, 2.75) is 45.8 Å². The molecule has 5 heteroatoms. The molecular weight excluding hydrogens is 288 g/mol. The molecule has 0 atom stereocenters. The first-order valence-corrected chi connectivity index (χ1v) is 7.38. The number of rotatable bonds is 4. The lowest BCUT2D eigenvalue weighted by atomic mass is 10.0. The summed E-state index contributed by atoms with van der Waals surface area (Å²) in [7, 11) is 0. The fourth-order valence-corrected chi connectivity index (χ4v) is 2.55. The summed E-state index contributed by atoms with van der Waals surface area (Å²) in [6.07, 6.45) is 0. The molecule has 1 heterocycles. The van der Waals surface area contributed by atoms with Gasteiger partial charge in [-0.05, 0) is 43.5 Å². The molecule has 0 spiro atoms. The van der Waals surface area contributed by atoms with Crippen molar-refractivity contribution in [3.8, 4) is 0 Å². The van der Waals surface area contributed by atoms with Crippen LogP contribution >= 0.6 is 11.6 Å². The number of H-pyrrole nitrogens is 1. The zero-order valence-corrected chi connectivity index (χ0v) is 13.5. The molecule has 1 amide bonds. The van der Waals surface area contributed by atoms with Gasteiger partial charge in [-0.25, -0.2) is 0 Å². The highest BCUT2D eigenvalue weighted by molar-refractivity contribution is 6.32. The minimum atomic E-state index is -1.37. The SMILES string of the molecule is CC(C)c1cc2[nH]c(CNC(=O)C(C)(C)O)cc2cc1Cl. The van der Waals surface area contributed by atoms with Gasteiger partial charge in [0.15, 0.2) is 0 Å². The second-order valence-corrected chi connectivity index (χ2v) is 6.56. The van der Waals surface area contributed by atoms with Crippen LogP contribution in [0.5, 0.6) is 0 Å². The summed E-state index contributed by atoms with van der Waals surface area (Å²) in [5.41, 5.74) is 1.59. The lowest BCUT2D eigenvalue weighted by Gasteiger charge is -2.15. The van der Waals surface area contributed by atoms with Gasteiger partial charge in [0.05, 0.1) is 6.54 Å². The topological polar surface area (TPSA) is 65.1 Å². The molecule has 1 aromatic heterocycles. The maximum atomic E-state index is 11.7. The largest absolute Gasteiger partial charge is 0.381 e. The smallest absolute Gasteiger partial charge is 0.251 e. The summed E-state index contributed by atoms with van der Waals surface area (Å²) in [6, 6.07) is 5.93. The number of nitrogens with one attached hydrogen (secondary N) is 2. The van der Waals surface area contributed by atoms with Crippen LogP contribution < -0.4 is 5.32 Å². The summed E-state index contributed by atoms with van der Waals surface area (Å²) in [4.78, 5) is 14.9. The van der Waals surface area contributed by atoms with Gasteiger partial charge in [-0.2, -0.15) is 0 Å². The molecule has 0 aliphatic carbocycles. The standard InChI is InChI=1S/C16H21ClN2O2/c1-9(2)12-7-14-10(6-13(12)17)5-11(19-14)8-18-15(20)16(3,4)21/h5-7,9,19,21H,8H2,1-4H3,(H,18,20). The Labute approximate surface area is 129 Å². The Morgan fingerprint density at radius 2 is 2.05 bits per heavy atom. The molecule has 0 bridgehead atoms. The van der Waals surface area contributed by atoms with Crippen LogP contribution in [-0.4, -0.2) is 21.6 Å². The van der Waals surface area contributed by atoms with Gasteiger partial charge in [0.2, 0.25) is 0 Å². The van der Waals surface area contributed by atoms with E-state index in [1.54, 1.807) is 0 Å². The predicted molar refractivity (Wildman–Crippen MR) is 85.5 cm³/mol. The Bertz CT molecular complexity index is 669. The van der Waals surface area contributed by atoms with E-state index in [1.165, 1.54) is 13.8 Å². The van der Waals surface area contributed by atoms with Gasteiger partial charge < -0.3 is 15.4 Å². The Kier molecular flexibility index (Phi) is 4.30. The lowest BCUT2D eigenvalue weighted by molar-refractivity contribution is -0.136. The van der Waals surface area contributed by atoms with Crippen LogP contribution in [0.25, 0.3) is 10.9 Å². The van der Waals surface area contributed by atoms with E-state index in [0.29, 0.717) is 12.5 Å². The molecule has 21 heavy (non-hydrogen) atoms. The van der Waals surface area contributed by atoms with Crippen molar-refractivity contribution in [1.29, 1.82) is 0 Å². The van der Waals surface area contributed by atoms with Crippen molar-refractivity contribution >= 4 is 28.4 Å². The highest BCUT2D eigenvalue weighted by atomic mass is 35.5. The number of aromatic amines is 1. The van der Waals surface area contributed by atoms with E-state index in [9.17, 15) is 9.90 Å². The van der Waals surface area contributed by atoms with Crippen LogP contribution in [0.15, 0.2) is 18.2 Å². The van der Waals surface area contributed by atoms with Crippen molar-refractivity contribution in [3.05, 3.63) is 34.5 Å². The van der Waals surface area contributed by atoms with Crippen molar-refractivity contribution in [2.24, 2.45) is 0 Å². The summed E-state index contributed by atoms with van der Waals surface area (Å²) in [5, 5.41) is 14.1. The summed E-state index contributed by atoms with van der Waals surface area (Å²) in [6.45, 7) is 7.46. The summed E-state index contributed by atoms with van der Waals surface area (Å²) in [5.74, 6) is -0.0504. The molecule has 2 rings (SSSR count). The van der Waals surface area contributed by atoms with Crippen LogP contribution in [0.2, 0.25) is 5.02 Å². The number of halogens is 1. The van der Waals surface area contributed by atoms with Gasteiger partial charge in [0.25, 0.3) is 5.91 Å². The molecule has 0 aliphatic rings. The first-order chi connectivity index (χ1) is 9.68. The summed E-state index contributed by atoms with van der Waals surface area (Å²) >= 11 is 6.28. The van der Waals surface area contributed by atoms with E-state index in [0.717, 1.165) is 27.2 Å². The lowest BCUT2D eigenvalue weighted by Crippen LogP contribution is -2.41. The molecule has 114 valence electrons. The second kappa shape index (κ2) is 5.70. The molecule has 3 N–H and O–H groups in total. The third-order valence-electron chi connectivity index (χ3n) is 3.41. The zero-order valence-electron chi connectivity index (χ0n) is 12.7. The quantitative estimate of drug-likeness (QED) is 0.811. The Hall–Kier alpha value is -1.52. The van der Waals surface area contributed by atoms with Gasteiger partial charge in [-0.3, -0.25) is 4.79 Å². The second-order valence-electron chi connectivity index (χ2n) is 6.15. The molecule has 0 aliphatic heterocycles. The Balaban J connectivity index is 2.22. The average Bonchev–Trinajstić information content (AvgIpc) is 2.75. The number of benzene rings is 1. The molecule has 0 saturated carbocycles. The van der Waals surface area contributed by atoms with E-state index >= 15 is 0 Å². The van der Waals surface area contributed by atoms with Crippen LogP contribution in [0.3, 0.4) is 0 Å². The molecule has 2 aromatic rings. The van der Waals surface area contributed by atoms with Gasteiger partial charge in [0.1, 0.15) is 5.60 Å². The third-order valence-corrected chi connectivity index (χ3v) is 3.74. The Morgan fingerprint density at radius 1 is 1.38 bits per heavy atom. The summed E-state index contributed by atoms with van der Waals surface area (Å²) < 4.78 is 0. The average molecular weight is 309 g/mol.